The van der Waals surface area contributed by atoms with E-state index in [1.807, 2.05) is 45.0 Å². The summed E-state index contributed by atoms with van der Waals surface area (Å²) >= 11 is 0. The van der Waals surface area contributed by atoms with E-state index in [9.17, 15) is 19.4 Å². The smallest absolute Gasteiger partial charge is 0.311 e. The van der Waals surface area contributed by atoms with Gasteiger partial charge in [0.1, 0.15) is 23.9 Å². The molecule has 1 saturated carbocycles. The average Bonchev–Trinajstić information content (AvgIpc) is 2.89. The number of benzene rings is 2. The van der Waals surface area contributed by atoms with Gasteiger partial charge in [0, 0.05) is 11.5 Å². The van der Waals surface area contributed by atoms with Crippen molar-refractivity contribution in [2.24, 2.45) is 22.7 Å². The molecule has 0 amide bonds. The Kier molecular flexibility index (Phi) is 8.70. The number of rotatable bonds is 10. The molecule has 3 aliphatic carbocycles. The Bertz CT molecular complexity index is 1260. The van der Waals surface area contributed by atoms with Gasteiger partial charge in [-0.15, -0.1) is 0 Å². The minimum atomic E-state index is -0.576. The highest BCUT2D eigenvalue weighted by Gasteiger charge is 2.56. The van der Waals surface area contributed by atoms with Crippen LogP contribution in [0.5, 0.6) is 11.5 Å². The van der Waals surface area contributed by atoms with E-state index < -0.39 is 10.8 Å². The van der Waals surface area contributed by atoms with E-state index in [4.69, 9.17) is 4.74 Å². The summed E-state index contributed by atoms with van der Waals surface area (Å²) in [5.74, 6) is 0.191. The van der Waals surface area contributed by atoms with E-state index >= 15 is 0 Å². The molecule has 224 valence electrons. The minimum Gasteiger partial charge on any atom is -0.507 e. The lowest BCUT2D eigenvalue weighted by atomic mass is 9.45. The number of ether oxygens (including phenoxy) is 1. The molecule has 2 bridgehead atoms. The van der Waals surface area contributed by atoms with E-state index in [2.05, 4.69) is 40.7 Å². The second kappa shape index (κ2) is 11.5. The number of fused-ring (bicyclic) bond motifs is 1. The fourth-order valence-corrected chi connectivity index (χ4v) is 7.23. The summed E-state index contributed by atoms with van der Waals surface area (Å²) in [4.78, 5) is 12.5. The van der Waals surface area contributed by atoms with Crippen LogP contribution in [0.25, 0.3) is 0 Å². The maximum absolute atomic E-state index is 13.8. The maximum atomic E-state index is 13.8. The number of phenols is 2. The number of phenolic OH excluding ortho intramolecular Hbond substituents is 2. The number of aromatic hydroxyl groups is 2. The molecule has 3 aliphatic rings. The van der Waals surface area contributed by atoms with Gasteiger partial charge in [-0.3, -0.25) is 4.79 Å². The van der Waals surface area contributed by atoms with Crippen LogP contribution in [0.2, 0.25) is 0 Å². The fourth-order valence-electron chi connectivity index (χ4n) is 7.23. The molecule has 1 fully saturated rings. The highest BCUT2D eigenvalue weighted by Crippen LogP contribution is 2.65. The van der Waals surface area contributed by atoms with Crippen molar-refractivity contribution >= 4 is 5.97 Å². The summed E-state index contributed by atoms with van der Waals surface area (Å²) in [6.45, 7) is 16.7. The highest BCUT2D eigenvalue weighted by atomic mass is 19.1. The summed E-state index contributed by atoms with van der Waals surface area (Å²) < 4.78 is 19.5. The number of hydrogen-bond donors (Lipinski definition) is 2. The molecular formula is C36H49FO4. The van der Waals surface area contributed by atoms with Gasteiger partial charge in [-0.05, 0) is 103 Å². The van der Waals surface area contributed by atoms with E-state index in [0.717, 1.165) is 48.8 Å². The number of halogens is 1. The molecule has 0 heterocycles. The molecule has 0 spiro atoms. The second-order valence-corrected chi connectivity index (χ2v) is 14.6. The molecule has 4 nitrogen and oxygen atoms in total. The largest absolute Gasteiger partial charge is 0.507 e. The number of carbonyl (C=O) groups excluding carboxylic acids is 1. The quantitative estimate of drug-likeness (QED) is 0.172. The molecule has 0 aromatic heterocycles. The van der Waals surface area contributed by atoms with Crippen LogP contribution < -0.4 is 0 Å². The van der Waals surface area contributed by atoms with Gasteiger partial charge >= 0.3 is 5.97 Å². The van der Waals surface area contributed by atoms with E-state index in [1.165, 1.54) is 12.1 Å². The van der Waals surface area contributed by atoms with Crippen molar-refractivity contribution in [1.82, 2.24) is 0 Å². The van der Waals surface area contributed by atoms with Crippen LogP contribution in [0.4, 0.5) is 4.39 Å². The standard InChI is InChI=1S/C36H49FO4/c1-9-10-11-12-27(22-13-15-25(37)16-14-22)35(5,6)24-18-30(38)32(31(39)19-24)26-17-23(21-41-33(40)34(2,3)4)28-20-29(26)36(28,7)8/h13-19,26-29,38-39H,9-12,20-21H2,1-8H3/t26-,27+,28+,29-/m0/s1. The zero-order valence-electron chi connectivity index (χ0n) is 26.2. The molecule has 2 aromatic rings. The molecular weight excluding hydrogens is 515 g/mol. The first-order valence-corrected chi connectivity index (χ1v) is 15.3. The summed E-state index contributed by atoms with van der Waals surface area (Å²) in [6, 6.07) is 10.4. The van der Waals surface area contributed by atoms with Crippen LogP contribution in [-0.4, -0.2) is 22.8 Å². The molecule has 0 aliphatic heterocycles. The lowest BCUT2D eigenvalue weighted by molar-refractivity contribution is -0.152. The lowest BCUT2D eigenvalue weighted by Crippen LogP contribution is -2.52. The molecule has 0 radical (unpaired) electrons. The Hall–Kier alpha value is -2.82. The molecule has 5 heteroatoms. The van der Waals surface area contributed by atoms with Gasteiger partial charge in [-0.25, -0.2) is 4.39 Å². The van der Waals surface area contributed by atoms with E-state index in [1.54, 1.807) is 0 Å². The van der Waals surface area contributed by atoms with Crippen LogP contribution in [0.3, 0.4) is 0 Å². The normalized spacial score (nSPS) is 22.5. The molecule has 41 heavy (non-hydrogen) atoms. The van der Waals surface area contributed by atoms with Crippen LogP contribution in [0.1, 0.15) is 116 Å². The maximum Gasteiger partial charge on any atom is 0.311 e. The molecule has 0 unspecified atom stereocenters. The number of hydrogen-bond acceptors (Lipinski definition) is 4. The zero-order chi connectivity index (χ0) is 30.3. The van der Waals surface area contributed by atoms with Crippen LogP contribution in [0, 0.1) is 28.5 Å². The first-order valence-electron chi connectivity index (χ1n) is 15.3. The third-order valence-electron chi connectivity index (χ3n) is 10.1. The predicted molar refractivity (Wildman–Crippen MR) is 163 cm³/mol. The van der Waals surface area contributed by atoms with Gasteiger partial charge in [-0.2, -0.15) is 0 Å². The molecule has 2 aromatic carbocycles. The lowest BCUT2D eigenvalue weighted by Gasteiger charge is -2.59. The van der Waals surface area contributed by atoms with Crippen molar-refractivity contribution in [3.63, 3.8) is 0 Å². The topological polar surface area (TPSA) is 66.8 Å². The first-order chi connectivity index (χ1) is 19.1. The first kappa shape index (κ1) is 31.1. The summed E-state index contributed by atoms with van der Waals surface area (Å²) in [5.41, 5.74) is 2.49. The SMILES string of the molecule is CCCCC[C@H](c1ccc(F)cc1)C(C)(C)c1cc(O)c([C@H]2C=C(COC(=O)C(C)(C)C)[C@H]3C[C@@H]2C3(C)C)c(O)c1. The summed E-state index contributed by atoms with van der Waals surface area (Å²) in [5, 5.41) is 23.0. The van der Waals surface area contributed by atoms with Crippen LogP contribution in [-0.2, 0) is 14.9 Å². The van der Waals surface area contributed by atoms with Gasteiger partial charge in [0.05, 0.1) is 5.41 Å². The number of esters is 1. The fraction of sp³-hybridized carbons (Fsp3) is 0.583. The Labute approximate surface area is 246 Å². The third-order valence-corrected chi connectivity index (χ3v) is 10.1. The van der Waals surface area contributed by atoms with Crippen molar-refractivity contribution in [3.05, 3.63) is 70.6 Å². The summed E-state index contributed by atoms with van der Waals surface area (Å²) in [7, 11) is 0. The van der Waals surface area contributed by atoms with E-state index in [-0.39, 0.29) is 53.1 Å². The van der Waals surface area contributed by atoms with Gasteiger partial charge in [0.25, 0.3) is 0 Å². The minimum absolute atomic E-state index is 0.0351. The summed E-state index contributed by atoms with van der Waals surface area (Å²) in [6.07, 6.45) is 7.25. The molecule has 4 atom stereocenters. The highest BCUT2D eigenvalue weighted by molar-refractivity contribution is 5.75. The van der Waals surface area contributed by atoms with Crippen molar-refractivity contribution in [2.75, 3.05) is 6.61 Å². The van der Waals surface area contributed by atoms with Gasteiger partial charge in [0.15, 0.2) is 0 Å². The van der Waals surface area contributed by atoms with Crippen molar-refractivity contribution in [3.8, 4) is 11.5 Å². The Morgan fingerprint density at radius 2 is 1.66 bits per heavy atom. The van der Waals surface area contributed by atoms with Crippen LogP contribution >= 0.6 is 0 Å². The number of unbranched alkanes of at least 4 members (excludes halogenated alkanes) is 2. The number of allylic oxidation sites excluding steroid dienone is 1. The van der Waals surface area contributed by atoms with Gasteiger partial charge in [-0.1, -0.05) is 72.1 Å². The predicted octanol–water partition coefficient (Wildman–Crippen LogP) is 9.15. The Balaban J connectivity index is 1.68. The van der Waals surface area contributed by atoms with Crippen molar-refractivity contribution in [2.45, 2.75) is 105 Å². The molecule has 2 N–H and O–H groups in total. The van der Waals surface area contributed by atoms with E-state index in [0.29, 0.717) is 11.5 Å². The van der Waals surface area contributed by atoms with Gasteiger partial charge in [0.2, 0.25) is 0 Å². The zero-order valence-corrected chi connectivity index (χ0v) is 26.2. The van der Waals surface area contributed by atoms with Crippen molar-refractivity contribution < 1.29 is 24.1 Å². The van der Waals surface area contributed by atoms with Crippen LogP contribution in [0.15, 0.2) is 48.0 Å². The number of carbonyl (C=O) groups is 1. The third kappa shape index (κ3) is 6.05. The average molecular weight is 565 g/mol. The second-order valence-electron chi connectivity index (χ2n) is 14.6. The Morgan fingerprint density at radius 3 is 2.20 bits per heavy atom. The monoisotopic (exact) mass is 564 g/mol. The van der Waals surface area contributed by atoms with Gasteiger partial charge < -0.3 is 14.9 Å². The van der Waals surface area contributed by atoms with Crippen molar-refractivity contribution in [1.29, 1.82) is 0 Å². The Morgan fingerprint density at radius 1 is 1.05 bits per heavy atom. The molecule has 5 rings (SSSR count). The molecule has 0 saturated heterocycles.